The Balaban J connectivity index is 1.98. The maximum atomic E-state index is 13.6. The second-order valence-corrected chi connectivity index (χ2v) is 8.65. The van der Waals surface area contributed by atoms with Crippen LogP contribution in [-0.4, -0.2) is 48.6 Å². The van der Waals surface area contributed by atoms with Gasteiger partial charge < -0.3 is 4.74 Å². The molecule has 1 aromatic heterocycles. The summed E-state index contributed by atoms with van der Waals surface area (Å²) in [6.07, 6.45) is 5.75. The number of hydrogen-bond acceptors (Lipinski definition) is 8. The molecule has 0 N–H and O–H groups in total. The third-order valence-electron chi connectivity index (χ3n) is 5.09. The van der Waals surface area contributed by atoms with Gasteiger partial charge in [0, 0.05) is 30.9 Å². The maximum absolute atomic E-state index is 13.6. The summed E-state index contributed by atoms with van der Waals surface area (Å²) in [5, 5.41) is 0. The van der Waals surface area contributed by atoms with Crippen LogP contribution in [0.3, 0.4) is 0 Å². The topological polar surface area (TPSA) is 73.8 Å². The van der Waals surface area contributed by atoms with Gasteiger partial charge in [0.2, 0.25) is 5.95 Å². The predicted octanol–water partition coefficient (Wildman–Crippen LogP) is 4.79. The number of methoxy groups -OCH3 is 1. The van der Waals surface area contributed by atoms with Crippen molar-refractivity contribution in [2.24, 2.45) is 0 Å². The Morgan fingerprint density at radius 3 is 2.66 bits per heavy atom. The fourth-order valence-electron chi connectivity index (χ4n) is 3.32. The van der Waals surface area contributed by atoms with Crippen molar-refractivity contribution in [3.63, 3.8) is 0 Å². The van der Waals surface area contributed by atoms with Gasteiger partial charge in [-0.3, -0.25) is 9.10 Å². The molecule has 7 nitrogen and oxygen atoms in total. The van der Waals surface area contributed by atoms with Crippen molar-refractivity contribution in [2.45, 2.75) is 44.8 Å². The number of rotatable bonds is 8. The molecule has 2 aromatic rings. The van der Waals surface area contributed by atoms with E-state index in [0.717, 1.165) is 16.8 Å². The lowest BCUT2D eigenvalue weighted by Gasteiger charge is -2.20. The van der Waals surface area contributed by atoms with Crippen LogP contribution in [-0.2, 0) is 19.3 Å². The standard InChI is InChI=1S/C23H28FN3O4S/c1-14(2)21-19(11-10-17-12-18(31-30-17)13-20(28)29-4)22(15-6-8-16(24)9-7-15)26-23(25-21)27(3)32-5/h6-11,14,17-18H,12-13H2,1-5H3/b11-10+. The van der Waals surface area contributed by atoms with Gasteiger partial charge in [-0.1, -0.05) is 37.9 Å². The van der Waals surface area contributed by atoms with E-state index in [9.17, 15) is 9.18 Å². The fourth-order valence-corrected chi connectivity index (χ4v) is 3.56. The number of aromatic nitrogens is 2. The smallest absolute Gasteiger partial charge is 0.308 e. The van der Waals surface area contributed by atoms with Crippen molar-refractivity contribution in [1.82, 2.24) is 9.97 Å². The van der Waals surface area contributed by atoms with E-state index in [-0.39, 0.29) is 36.3 Å². The molecule has 0 amide bonds. The van der Waals surface area contributed by atoms with Gasteiger partial charge in [-0.05, 0) is 30.2 Å². The molecule has 1 aliphatic rings. The minimum atomic E-state index is -0.355. The molecule has 172 valence electrons. The van der Waals surface area contributed by atoms with Crippen molar-refractivity contribution in [3.8, 4) is 11.3 Å². The van der Waals surface area contributed by atoms with Gasteiger partial charge in [0.1, 0.15) is 18.0 Å². The zero-order chi connectivity index (χ0) is 23.3. The Morgan fingerprint density at radius 2 is 2.03 bits per heavy atom. The average molecular weight is 462 g/mol. The van der Waals surface area contributed by atoms with E-state index >= 15 is 0 Å². The Bertz CT molecular complexity index is 968. The summed E-state index contributed by atoms with van der Waals surface area (Å²) in [6.45, 7) is 4.14. The molecular weight excluding hydrogens is 433 g/mol. The molecule has 0 aliphatic carbocycles. The Labute approximate surface area is 192 Å². The zero-order valence-corrected chi connectivity index (χ0v) is 19.7. The van der Waals surface area contributed by atoms with Crippen LogP contribution in [0.5, 0.6) is 0 Å². The maximum Gasteiger partial charge on any atom is 0.308 e. The van der Waals surface area contributed by atoms with Crippen LogP contribution in [0.25, 0.3) is 17.3 Å². The Hall–Kier alpha value is -2.49. The van der Waals surface area contributed by atoms with E-state index in [0.29, 0.717) is 18.1 Å². The summed E-state index contributed by atoms with van der Waals surface area (Å²) >= 11 is 1.51. The van der Waals surface area contributed by atoms with E-state index in [1.807, 2.05) is 29.8 Å². The van der Waals surface area contributed by atoms with Gasteiger partial charge in [0.15, 0.2) is 0 Å². The summed E-state index contributed by atoms with van der Waals surface area (Å²) < 4.78 is 20.1. The van der Waals surface area contributed by atoms with Crippen LogP contribution in [0.4, 0.5) is 10.3 Å². The molecule has 1 saturated heterocycles. The summed E-state index contributed by atoms with van der Waals surface area (Å²) in [6, 6.07) is 6.26. The number of esters is 1. The fraction of sp³-hybridized carbons (Fsp3) is 0.435. The van der Waals surface area contributed by atoms with Crippen LogP contribution >= 0.6 is 11.9 Å². The minimum absolute atomic E-state index is 0.124. The van der Waals surface area contributed by atoms with Crippen LogP contribution < -0.4 is 4.31 Å². The molecule has 2 atom stereocenters. The highest BCUT2D eigenvalue weighted by Crippen LogP contribution is 2.32. The molecule has 2 heterocycles. The van der Waals surface area contributed by atoms with Gasteiger partial charge in [0.05, 0.1) is 24.9 Å². The quantitative estimate of drug-likeness (QED) is 0.316. The van der Waals surface area contributed by atoms with E-state index in [1.165, 1.54) is 31.2 Å². The summed E-state index contributed by atoms with van der Waals surface area (Å²) in [5.41, 5.74) is 3.21. The number of halogens is 1. The highest BCUT2D eigenvalue weighted by Gasteiger charge is 2.28. The monoisotopic (exact) mass is 461 g/mol. The molecule has 1 aromatic carbocycles. The van der Waals surface area contributed by atoms with Crippen LogP contribution in [0, 0.1) is 5.82 Å². The Kier molecular flexibility index (Phi) is 8.22. The number of anilines is 1. The molecular formula is C23H28FN3O4S. The second-order valence-electron chi connectivity index (χ2n) is 7.74. The van der Waals surface area contributed by atoms with E-state index in [1.54, 1.807) is 12.1 Å². The van der Waals surface area contributed by atoms with Crippen molar-refractivity contribution < 1.29 is 23.7 Å². The third-order valence-corrected chi connectivity index (χ3v) is 5.80. The lowest BCUT2D eigenvalue weighted by molar-refractivity contribution is -0.288. The third kappa shape index (κ3) is 5.85. The number of carbonyl (C=O) groups is 1. The summed E-state index contributed by atoms with van der Waals surface area (Å²) in [7, 11) is 3.25. The molecule has 1 fully saturated rings. The second kappa shape index (κ2) is 10.9. The summed E-state index contributed by atoms with van der Waals surface area (Å²) in [5.74, 6) is 0.0550. The van der Waals surface area contributed by atoms with Crippen molar-refractivity contribution in [2.75, 3.05) is 24.7 Å². The van der Waals surface area contributed by atoms with E-state index in [2.05, 4.69) is 13.8 Å². The van der Waals surface area contributed by atoms with Gasteiger partial charge in [-0.15, -0.1) is 0 Å². The molecule has 3 rings (SSSR count). The number of hydrogen-bond donors (Lipinski definition) is 0. The zero-order valence-electron chi connectivity index (χ0n) is 18.9. The van der Waals surface area contributed by atoms with Crippen LogP contribution in [0.15, 0.2) is 30.3 Å². The van der Waals surface area contributed by atoms with E-state index < -0.39 is 0 Å². The first kappa shape index (κ1) is 24.2. The van der Waals surface area contributed by atoms with Gasteiger partial charge in [-0.2, -0.15) is 0 Å². The molecule has 2 unspecified atom stereocenters. The lowest BCUT2D eigenvalue weighted by Crippen LogP contribution is -2.14. The van der Waals surface area contributed by atoms with Gasteiger partial charge in [-0.25, -0.2) is 24.1 Å². The molecule has 0 saturated carbocycles. The van der Waals surface area contributed by atoms with Crippen LogP contribution in [0.1, 0.15) is 43.9 Å². The van der Waals surface area contributed by atoms with Crippen LogP contribution in [0.2, 0.25) is 0 Å². The van der Waals surface area contributed by atoms with Crippen molar-refractivity contribution >= 4 is 29.9 Å². The number of carbonyl (C=O) groups excluding carboxylic acids is 1. The molecule has 0 bridgehead atoms. The first-order chi connectivity index (χ1) is 15.3. The largest absolute Gasteiger partial charge is 0.469 e. The Morgan fingerprint density at radius 1 is 1.31 bits per heavy atom. The minimum Gasteiger partial charge on any atom is -0.469 e. The molecule has 9 heteroatoms. The number of nitrogens with zero attached hydrogens (tertiary/aromatic N) is 3. The first-order valence-corrected chi connectivity index (χ1v) is 11.5. The molecule has 0 radical (unpaired) electrons. The lowest BCUT2D eigenvalue weighted by atomic mass is 9.97. The van der Waals surface area contributed by atoms with Crippen molar-refractivity contribution in [3.05, 3.63) is 47.4 Å². The molecule has 0 spiro atoms. The van der Waals surface area contributed by atoms with E-state index in [4.69, 9.17) is 24.5 Å². The van der Waals surface area contributed by atoms with Gasteiger partial charge >= 0.3 is 5.97 Å². The average Bonchev–Trinajstić information content (AvgIpc) is 3.24. The number of ether oxygens (including phenoxy) is 1. The van der Waals surface area contributed by atoms with Gasteiger partial charge in [0.25, 0.3) is 0 Å². The first-order valence-electron chi connectivity index (χ1n) is 10.3. The molecule has 32 heavy (non-hydrogen) atoms. The highest BCUT2D eigenvalue weighted by atomic mass is 32.2. The highest BCUT2D eigenvalue weighted by molar-refractivity contribution is 7.99. The van der Waals surface area contributed by atoms with Crippen molar-refractivity contribution in [1.29, 1.82) is 0 Å². The normalized spacial score (nSPS) is 18.5. The predicted molar refractivity (Wildman–Crippen MR) is 123 cm³/mol. The SMILES string of the molecule is COC(=O)CC1CC(/C=C/c2c(-c3ccc(F)cc3)nc(N(C)SC)nc2C(C)C)OO1. The number of benzene rings is 1. The molecule has 1 aliphatic heterocycles. The summed E-state index contributed by atoms with van der Waals surface area (Å²) in [4.78, 5) is 31.7.